The number of aromatic nitrogens is 2. The minimum atomic E-state index is -0.869. The molecule has 0 spiro atoms. The van der Waals surface area contributed by atoms with E-state index in [0.29, 0.717) is 51.8 Å². The highest BCUT2D eigenvalue weighted by atomic mass is 32.1. The Bertz CT molecular complexity index is 1090. The zero-order valence-corrected chi connectivity index (χ0v) is 19.2. The summed E-state index contributed by atoms with van der Waals surface area (Å²) in [5.41, 5.74) is 6.26. The Morgan fingerprint density at radius 2 is 2.03 bits per heavy atom. The maximum atomic E-state index is 13.1. The van der Waals surface area contributed by atoms with Gasteiger partial charge in [-0.2, -0.15) is 0 Å². The molecule has 1 atom stereocenters. The van der Waals surface area contributed by atoms with Gasteiger partial charge in [0.25, 0.3) is 0 Å². The van der Waals surface area contributed by atoms with E-state index in [9.17, 15) is 19.5 Å². The van der Waals surface area contributed by atoms with Crippen molar-refractivity contribution in [3.8, 4) is 0 Å². The number of carbonyl (C=O) groups is 3. The van der Waals surface area contributed by atoms with Gasteiger partial charge in [-0.3, -0.25) is 14.6 Å². The first-order chi connectivity index (χ1) is 15.0. The van der Waals surface area contributed by atoms with Crippen LogP contribution in [0.1, 0.15) is 73.1 Å². The molecule has 2 heterocycles. The van der Waals surface area contributed by atoms with Crippen molar-refractivity contribution in [1.29, 1.82) is 0 Å². The summed E-state index contributed by atoms with van der Waals surface area (Å²) in [6.07, 6.45) is 2.25. The van der Waals surface area contributed by atoms with E-state index < -0.39 is 11.7 Å². The second kappa shape index (κ2) is 9.07. The minimum absolute atomic E-state index is 0.128. The van der Waals surface area contributed by atoms with E-state index in [1.165, 1.54) is 13.1 Å². The lowest BCUT2D eigenvalue weighted by Gasteiger charge is -2.30. The molecule has 2 aromatic rings. The third-order valence-corrected chi connectivity index (χ3v) is 6.51. The predicted molar refractivity (Wildman–Crippen MR) is 121 cm³/mol. The second-order valence-electron chi connectivity index (χ2n) is 8.20. The van der Waals surface area contributed by atoms with Crippen molar-refractivity contribution >= 4 is 40.0 Å². The molecule has 0 aliphatic heterocycles. The third-order valence-electron chi connectivity index (χ3n) is 5.50. The quantitative estimate of drug-likeness (QED) is 0.349. The molecular formula is C22H26N4O5S. The number of Topliss-reactive ketones (excluding diaryl/α,β-unsaturated/α-hetero) is 1. The number of nitrogens with one attached hydrogen (secondary N) is 1. The van der Waals surface area contributed by atoms with Gasteiger partial charge in [-0.05, 0) is 45.2 Å². The average molecular weight is 459 g/mol. The van der Waals surface area contributed by atoms with Crippen LogP contribution >= 0.6 is 11.3 Å². The minimum Gasteiger partial charge on any atom is -0.507 e. The molecule has 1 unspecified atom stereocenters. The van der Waals surface area contributed by atoms with Gasteiger partial charge in [0.2, 0.25) is 11.7 Å². The number of nitrogens with two attached hydrogens (primary N) is 1. The van der Waals surface area contributed by atoms with Crippen molar-refractivity contribution in [3.63, 3.8) is 0 Å². The highest BCUT2D eigenvalue weighted by Crippen LogP contribution is 2.34. The van der Waals surface area contributed by atoms with E-state index in [1.54, 1.807) is 26.0 Å². The molecule has 3 rings (SSSR count). The fraction of sp³-hybridized carbons (Fsp3) is 0.409. The molecule has 1 aliphatic carbocycles. The summed E-state index contributed by atoms with van der Waals surface area (Å²) in [5, 5.41) is 13.9. The van der Waals surface area contributed by atoms with E-state index >= 15 is 0 Å². The van der Waals surface area contributed by atoms with Crippen LogP contribution in [0.5, 0.6) is 0 Å². The van der Waals surface area contributed by atoms with Gasteiger partial charge in [0.1, 0.15) is 11.4 Å². The molecule has 0 saturated carbocycles. The molecular weight excluding hydrogens is 432 g/mol. The molecule has 2 aromatic heterocycles. The van der Waals surface area contributed by atoms with Crippen molar-refractivity contribution in [3.05, 3.63) is 45.7 Å². The number of ether oxygens (including phenoxy) is 1. The van der Waals surface area contributed by atoms with E-state index in [0.717, 1.165) is 11.3 Å². The van der Waals surface area contributed by atoms with Gasteiger partial charge in [0.05, 0.1) is 10.6 Å². The van der Waals surface area contributed by atoms with Crippen LogP contribution in [0.3, 0.4) is 0 Å². The first kappa shape index (κ1) is 23.4. The molecule has 9 nitrogen and oxygen atoms in total. The highest BCUT2D eigenvalue weighted by Gasteiger charge is 2.32. The maximum absolute atomic E-state index is 13.1. The normalized spacial score (nSPS) is 16.6. The molecule has 0 fully saturated rings. The number of nitrogens with zero attached hydrogens (tertiary/aromatic N) is 2. The summed E-state index contributed by atoms with van der Waals surface area (Å²) in [6, 6.07) is 3.40. The lowest BCUT2D eigenvalue weighted by molar-refractivity contribution is -0.114. The molecule has 170 valence electrons. The fourth-order valence-electron chi connectivity index (χ4n) is 3.49. The fourth-order valence-corrected chi connectivity index (χ4v) is 4.52. The summed E-state index contributed by atoms with van der Waals surface area (Å²) in [7, 11) is 0. The van der Waals surface area contributed by atoms with Gasteiger partial charge < -0.3 is 20.9 Å². The number of hydrogen-bond acceptors (Lipinski definition) is 8. The maximum Gasteiger partial charge on any atom is 0.405 e. The molecule has 0 aromatic carbocycles. The molecule has 4 N–H and O–H groups in total. The van der Waals surface area contributed by atoms with Crippen LogP contribution < -0.4 is 11.1 Å². The summed E-state index contributed by atoms with van der Waals surface area (Å²) < 4.78 is 5.18. The summed E-state index contributed by atoms with van der Waals surface area (Å²) in [6.45, 7) is 6.72. The van der Waals surface area contributed by atoms with Gasteiger partial charge in [0, 0.05) is 35.9 Å². The van der Waals surface area contributed by atoms with Crippen LogP contribution in [0.15, 0.2) is 23.9 Å². The van der Waals surface area contributed by atoms with E-state index in [4.69, 9.17) is 10.5 Å². The van der Waals surface area contributed by atoms with Crippen LogP contribution in [0.25, 0.3) is 5.76 Å². The largest absolute Gasteiger partial charge is 0.507 e. The van der Waals surface area contributed by atoms with Gasteiger partial charge in [-0.1, -0.05) is 18.3 Å². The van der Waals surface area contributed by atoms with E-state index in [-0.39, 0.29) is 23.4 Å². The molecule has 10 heteroatoms. The number of thiazole rings is 1. The molecule has 2 amide bonds. The van der Waals surface area contributed by atoms with Crippen molar-refractivity contribution in [1.82, 2.24) is 9.97 Å². The Hall–Kier alpha value is -3.27. The highest BCUT2D eigenvalue weighted by molar-refractivity contribution is 7.18. The lowest BCUT2D eigenvalue weighted by Crippen LogP contribution is -2.36. The van der Waals surface area contributed by atoms with Crippen molar-refractivity contribution in [2.75, 3.05) is 5.32 Å². The van der Waals surface area contributed by atoms with Gasteiger partial charge >= 0.3 is 6.09 Å². The number of aryl methyl sites for hydroxylation is 1. The van der Waals surface area contributed by atoms with Crippen LogP contribution in [-0.4, -0.2) is 38.5 Å². The number of aliphatic hydroxyl groups is 1. The number of hydrogen-bond donors (Lipinski definition) is 3. The SMILES string of the molecule is CC(=O)Nc1nc2c(s1)C(=O)C(=C(O)c1ccc(C(C)C(C)(C)OC(N)=O)nc1)CCC2. The van der Waals surface area contributed by atoms with E-state index in [2.05, 4.69) is 15.3 Å². The number of rotatable bonds is 5. The number of aliphatic hydroxyl groups excluding tert-OH is 1. The number of carbonyl (C=O) groups excluding carboxylic acids is 3. The van der Waals surface area contributed by atoms with Crippen LogP contribution in [-0.2, 0) is 16.0 Å². The summed E-state index contributed by atoms with van der Waals surface area (Å²) in [4.78, 5) is 44.8. The number of pyridine rings is 1. The van der Waals surface area contributed by atoms with Crippen molar-refractivity contribution < 1.29 is 24.2 Å². The number of anilines is 1. The molecule has 32 heavy (non-hydrogen) atoms. The Morgan fingerprint density at radius 3 is 2.62 bits per heavy atom. The molecule has 0 bridgehead atoms. The zero-order valence-electron chi connectivity index (χ0n) is 18.4. The monoisotopic (exact) mass is 458 g/mol. The zero-order chi connectivity index (χ0) is 23.6. The van der Waals surface area contributed by atoms with Crippen molar-refractivity contribution in [2.45, 2.75) is 58.5 Å². The third kappa shape index (κ3) is 4.96. The van der Waals surface area contributed by atoms with Gasteiger partial charge in [-0.25, -0.2) is 9.78 Å². The van der Waals surface area contributed by atoms with Gasteiger partial charge in [-0.15, -0.1) is 0 Å². The van der Waals surface area contributed by atoms with Crippen LogP contribution in [0.4, 0.5) is 9.93 Å². The Labute approximate surface area is 189 Å². The Kier molecular flexibility index (Phi) is 6.63. The summed E-state index contributed by atoms with van der Waals surface area (Å²) in [5.74, 6) is -0.940. The number of primary amides is 1. The van der Waals surface area contributed by atoms with Gasteiger partial charge in [0.15, 0.2) is 5.13 Å². The predicted octanol–water partition coefficient (Wildman–Crippen LogP) is 3.96. The first-order valence-electron chi connectivity index (χ1n) is 10.2. The van der Waals surface area contributed by atoms with Crippen molar-refractivity contribution in [2.24, 2.45) is 5.73 Å². The average Bonchev–Trinajstić information content (AvgIpc) is 3.04. The Balaban J connectivity index is 1.88. The van der Waals surface area contributed by atoms with Crippen LogP contribution in [0, 0.1) is 0 Å². The van der Waals surface area contributed by atoms with E-state index in [1.807, 2.05) is 6.92 Å². The number of amides is 2. The van der Waals surface area contributed by atoms with Crippen LogP contribution in [0.2, 0.25) is 0 Å². The smallest absolute Gasteiger partial charge is 0.405 e. The molecule has 0 saturated heterocycles. The second-order valence-corrected chi connectivity index (χ2v) is 9.20. The topological polar surface area (TPSA) is 144 Å². The first-order valence-corrected chi connectivity index (χ1v) is 11.0. The standard InChI is InChI=1S/C22H26N4O5S/c1-11(22(3,4)31-20(23)30)15-9-8-13(10-24-15)17(28)14-6-5-7-16-19(18(14)29)32-21(26-16)25-12(2)27/h8-11,28H,5-7H2,1-4H3,(H2,23,30)(H,25,26,27). The number of allylic oxidation sites excluding steroid dienone is 1. The molecule has 0 radical (unpaired) electrons. The molecule has 1 aliphatic rings. The number of ketones is 1. The number of fused-ring (bicyclic) bond motifs is 1. The lowest BCUT2D eigenvalue weighted by atomic mass is 9.89. The Morgan fingerprint density at radius 1 is 1.31 bits per heavy atom. The summed E-state index contributed by atoms with van der Waals surface area (Å²) >= 11 is 1.11.